The monoisotopic (exact) mass is 247 g/mol. The number of halogens is 3. The van der Waals surface area contributed by atoms with Gasteiger partial charge in [0.1, 0.15) is 0 Å². The van der Waals surface area contributed by atoms with Gasteiger partial charge in [0.25, 0.3) is 0 Å². The number of hydrogen-bond acceptors (Lipinski definition) is 1. The summed E-state index contributed by atoms with van der Waals surface area (Å²) in [6.07, 6.45) is 1.73. The minimum absolute atomic E-state index is 0.274. The van der Waals surface area contributed by atoms with Gasteiger partial charge in [0, 0.05) is 5.88 Å². The maximum Gasteiger partial charge on any atom is 0.0921 e. The predicted molar refractivity (Wildman–Crippen MR) is 59.6 cm³/mol. The molecule has 0 saturated carbocycles. The Kier molecular flexibility index (Phi) is 8.62. The molecule has 13 heavy (non-hydrogen) atoms. The van der Waals surface area contributed by atoms with Crippen molar-refractivity contribution in [3.8, 4) is 0 Å². The van der Waals surface area contributed by atoms with E-state index in [9.17, 15) is 5.21 Å². The summed E-state index contributed by atoms with van der Waals surface area (Å²) in [6, 6.07) is 0. The van der Waals surface area contributed by atoms with Crippen LogP contribution in [-0.4, -0.2) is 41.9 Å². The zero-order chi connectivity index (χ0) is 10.2. The molecule has 0 radical (unpaired) electrons. The van der Waals surface area contributed by atoms with E-state index in [0.29, 0.717) is 37.3 Å². The Morgan fingerprint density at radius 2 is 1.31 bits per heavy atom. The second-order valence-electron chi connectivity index (χ2n) is 3.00. The minimum atomic E-state index is -0.274. The molecular weight excluding hydrogens is 232 g/mol. The van der Waals surface area contributed by atoms with Crippen LogP contribution >= 0.6 is 34.8 Å². The highest BCUT2D eigenvalue weighted by atomic mass is 35.5. The Balaban J connectivity index is 3.76. The summed E-state index contributed by atoms with van der Waals surface area (Å²) in [4.78, 5) is 0. The second-order valence-corrected chi connectivity index (χ2v) is 4.14. The van der Waals surface area contributed by atoms with Gasteiger partial charge < -0.3 is 9.85 Å². The maximum absolute atomic E-state index is 11.9. The predicted octanol–water partition coefficient (Wildman–Crippen LogP) is 2.80. The summed E-state index contributed by atoms with van der Waals surface area (Å²) >= 11 is 16.6. The van der Waals surface area contributed by atoms with Crippen molar-refractivity contribution in [2.24, 2.45) is 0 Å². The number of alkyl halides is 3. The van der Waals surface area contributed by atoms with Gasteiger partial charge in [-0.2, -0.15) is 0 Å². The number of rotatable bonds is 8. The number of hydroxylamine groups is 3. The smallest absolute Gasteiger partial charge is 0.0921 e. The van der Waals surface area contributed by atoms with E-state index in [1.807, 2.05) is 0 Å². The van der Waals surface area contributed by atoms with Crippen molar-refractivity contribution in [2.75, 3.05) is 37.3 Å². The van der Waals surface area contributed by atoms with E-state index in [0.717, 1.165) is 12.8 Å². The topological polar surface area (TPSA) is 23.1 Å². The molecule has 0 unspecified atom stereocenters. The van der Waals surface area contributed by atoms with Gasteiger partial charge in [0.05, 0.1) is 31.4 Å². The molecule has 0 aromatic rings. The van der Waals surface area contributed by atoms with Crippen molar-refractivity contribution in [1.82, 2.24) is 0 Å². The Morgan fingerprint density at radius 1 is 0.769 bits per heavy atom. The summed E-state index contributed by atoms with van der Waals surface area (Å²) < 4.78 is -0.274. The lowest BCUT2D eigenvalue weighted by Gasteiger charge is -2.42. The fourth-order valence-corrected chi connectivity index (χ4v) is 1.94. The molecule has 0 aliphatic heterocycles. The zero-order valence-electron chi connectivity index (χ0n) is 7.65. The van der Waals surface area contributed by atoms with E-state index >= 15 is 0 Å². The van der Waals surface area contributed by atoms with Crippen molar-refractivity contribution in [1.29, 1.82) is 0 Å². The van der Waals surface area contributed by atoms with Crippen LogP contribution in [0.25, 0.3) is 0 Å². The fraction of sp³-hybridized carbons (Fsp3) is 1.00. The van der Waals surface area contributed by atoms with Crippen LogP contribution < -0.4 is 0 Å². The highest BCUT2D eigenvalue weighted by Gasteiger charge is 2.14. The van der Waals surface area contributed by atoms with Gasteiger partial charge in [0.15, 0.2) is 0 Å². The lowest BCUT2D eigenvalue weighted by atomic mass is 10.3. The summed E-state index contributed by atoms with van der Waals surface area (Å²) in [5, 5.41) is 11.9. The summed E-state index contributed by atoms with van der Waals surface area (Å²) in [6.45, 7) is 1.46. The Hall–Kier alpha value is 0.790. The Bertz CT molecular complexity index is 118. The van der Waals surface area contributed by atoms with Crippen molar-refractivity contribution in [3.63, 3.8) is 0 Å². The van der Waals surface area contributed by atoms with Crippen molar-refractivity contribution in [3.05, 3.63) is 5.21 Å². The highest BCUT2D eigenvalue weighted by Crippen LogP contribution is 2.08. The molecule has 0 N–H and O–H groups in total. The van der Waals surface area contributed by atoms with E-state index in [2.05, 4.69) is 0 Å². The second kappa shape index (κ2) is 8.13. The molecule has 0 rings (SSSR count). The van der Waals surface area contributed by atoms with Crippen LogP contribution in [0.2, 0.25) is 0 Å². The fourth-order valence-electron chi connectivity index (χ4n) is 1.14. The van der Waals surface area contributed by atoms with E-state index in [-0.39, 0.29) is 4.65 Å². The van der Waals surface area contributed by atoms with Crippen LogP contribution in [-0.2, 0) is 0 Å². The van der Waals surface area contributed by atoms with E-state index in [1.165, 1.54) is 0 Å². The van der Waals surface area contributed by atoms with Gasteiger partial charge in [-0.1, -0.05) is 0 Å². The molecule has 0 aliphatic rings. The molecule has 0 saturated heterocycles. The van der Waals surface area contributed by atoms with E-state index < -0.39 is 0 Å². The Morgan fingerprint density at radius 3 is 1.69 bits per heavy atom. The third-order valence-electron chi connectivity index (χ3n) is 1.93. The van der Waals surface area contributed by atoms with Crippen LogP contribution in [0.5, 0.6) is 0 Å². The summed E-state index contributed by atoms with van der Waals surface area (Å²) in [7, 11) is 0. The first-order valence-corrected chi connectivity index (χ1v) is 6.04. The highest BCUT2D eigenvalue weighted by molar-refractivity contribution is 6.18. The SMILES string of the molecule is [O-][N+](CCCl)(CCCl)CCCCCl. The average molecular weight is 249 g/mol. The van der Waals surface area contributed by atoms with Crippen LogP contribution in [0.15, 0.2) is 0 Å². The lowest BCUT2D eigenvalue weighted by Crippen LogP contribution is -2.45. The normalized spacial score (nSPS) is 12.0. The van der Waals surface area contributed by atoms with Crippen LogP contribution in [0, 0.1) is 5.21 Å². The molecule has 5 heteroatoms. The number of nitrogens with zero attached hydrogens (tertiary/aromatic N) is 1. The van der Waals surface area contributed by atoms with Crippen molar-refractivity contribution < 1.29 is 4.65 Å². The number of quaternary nitrogens is 1. The van der Waals surface area contributed by atoms with Crippen molar-refractivity contribution in [2.45, 2.75) is 12.8 Å². The van der Waals surface area contributed by atoms with Gasteiger partial charge in [-0.15, -0.1) is 34.8 Å². The summed E-state index contributed by atoms with van der Waals surface area (Å²) in [5.74, 6) is 1.39. The minimum Gasteiger partial charge on any atom is -0.633 e. The third-order valence-corrected chi connectivity index (χ3v) is 2.54. The van der Waals surface area contributed by atoms with Crippen LogP contribution in [0.4, 0.5) is 0 Å². The first kappa shape index (κ1) is 13.8. The molecule has 2 nitrogen and oxygen atoms in total. The summed E-state index contributed by atoms with van der Waals surface area (Å²) in [5.41, 5.74) is 0. The molecule has 0 atom stereocenters. The van der Waals surface area contributed by atoms with Crippen LogP contribution in [0.1, 0.15) is 12.8 Å². The van der Waals surface area contributed by atoms with Gasteiger partial charge in [-0.05, 0) is 12.8 Å². The van der Waals surface area contributed by atoms with Gasteiger partial charge >= 0.3 is 0 Å². The number of hydrogen-bond donors (Lipinski definition) is 0. The molecule has 80 valence electrons. The molecule has 0 fully saturated rings. The first-order chi connectivity index (χ1) is 6.18. The molecule has 0 aromatic heterocycles. The van der Waals surface area contributed by atoms with Crippen molar-refractivity contribution >= 4 is 34.8 Å². The maximum atomic E-state index is 11.9. The average Bonchev–Trinajstić information content (AvgIpc) is 2.05. The van der Waals surface area contributed by atoms with Crippen LogP contribution in [0.3, 0.4) is 0 Å². The molecule has 0 amide bonds. The van der Waals surface area contributed by atoms with Gasteiger partial charge in [-0.25, -0.2) is 0 Å². The first-order valence-electron chi connectivity index (χ1n) is 4.43. The molecule has 0 aromatic carbocycles. The molecule has 0 spiro atoms. The molecule has 0 bridgehead atoms. The largest absolute Gasteiger partial charge is 0.633 e. The van der Waals surface area contributed by atoms with Gasteiger partial charge in [-0.3, -0.25) is 0 Å². The van der Waals surface area contributed by atoms with E-state index in [1.54, 1.807) is 0 Å². The molecule has 0 aliphatic carbocycles. The quantitative estimate of drug-likeness (QED) is 0.280. The standard InChI is InChI=1S/C8H16Cl3NO/c9-3-1-2-6-12(13,7-4-10)8-5-11/h1-8H2. The third kappa shape index (κ3) is 6.81. The Labute approximate surface area is 94.9 Å². The number of unbranched alkanes of at least 4 members (excludes halogenated alkanes) is 1. The van der Waals surface area contributed by atoms with E-state index in [4.69, 9.17) is 34.8 Å². The zero-order valence-corrected chi connectivity index (χ0v) is 9.91. The van der Waals surface area contributed by atoms with Gasteiger partial charge in [0.2, 0.25) is 0 Å². The molecular formula is C8H16Cl3NO. The molecule has 0 heterocycles. The lowest BCUT2D eigenvalue weighted by molar-refractivity contribution is -0.876.